The zero-order chi connectivity index (χ0) is 11.4. The molecule has 0 aliphatic carbocycles. The molecule has 0 aromatic carbocycles. The molecule has 94 valence electrons. The third kappa shape index (κ3) is 3.13. The van der Waals surface area contributed by atoms with Crippen molar-refractivity contribution in [2.75, 3.05) is 24.7 Å². The Morgan fingerprint density at radius 1 is 1.62 bits per heavy atom. The van der Waals surface area contributed by atoms with E-state index in [0.29, 0.717) is 12.1 Å². The van der Waals surface area contributed by atoms with E-state index in [4.69, 9.17) is 9.84 Å². The molecule has 2 rings (SSSR count). The first-order valence-electron chi connectivity index (χ1n) is 6.33. The van der Waals surface area contributed by atoms with E-state index in [1.54, 1.807) is 0 Å². The molecule has 3 atom stereocenters. The van der Waals surface area contributed by atoms with Crippen molar-refractivity contribution in [3.8, 4) is 0 Å². The molecule has 0 aromatic heterocycles. The highest BCUT2D eigenvalue weighted by Crippen LogP contribution is 2.38. The van der Waals surface area contributed by atoms with Gasteiger partial charge in [0.1, 0.15) is 0 Å². The molecule has 2 heterocycles. The summed E-state index contributed by atoms with van der Waals surface area (Å²) in [6.07, 6.45) is 4.32. The number of ether oxygens (including phenoxy) is 1. The van der Waals surface area contributed by atoms with E-state index in [1.807, 2.05) is 11.8 Å². The zero-order valence-corrected chi connectivity index (χ0v) is 10.9. The van der Waals surface area contributed by atoms with Gasteiger partial charge in [0.25, 0.3) is 0 Å². The highest BCUT2D eigenvalue weighted by molar-refractivity contribution is 7.99. The Bertz CT molecular complexity index is 219. The molecule has 3 nitrogen and oxygen atoms in total. The van der Waals surface area contributed by atoms with Gasteiger partial charge in [0.2, 0.25) is 0 Å². The molecule has 16 heavy (non-hydrogen) atoms. The molecule has 2 aliphatic heterocycles. The van der Waals surface area contributed by atoms with Gasteiger partial charge in [-0.15, -0.1) is 0 Å². The van der Waals surface area contributed by atoms with Crippen LogP contribution in [0, 0.1) is 0 Å². The summed E-state index contributed by atoms with van der Waals surface area (Å²) >= 11 is 2.02. The van der Waals surface area contributed by atoms with E-state index in [0.717, 1.165) is 25.9 Å². The number of aliphatic hydroxyl groups excluding tert-OH is 1. The second-order valence-electron chi connectivity index (χ2n) is 5.10. The first kappa shape index (κ1) is 12.7. The average molecular weight is 245 g/mol. The van der Waals surface area contributed by atoms with Gasteiger partial charge in [0.15, 0.2) is 0 Å². The summed E-state index contributed by atoms with van der Waals surface area (Å²) in [4.78, 5) is 0. The highest BCUT2D eigenvalue weighted by Gasteiger charge is 2.40. The lowest BCUT2D eigenvalue weighted by Gasteiger charge is -2.39. The molecule has 2 fully saturated rings. The normalized spacial score (nSPS) is 36.8. The molecule has 1 spiro atoms. The number of rotatable bonds is 4. The fourth-order valence-corrected chi connectivity index (χ4v) is 4.09. The third-order valence-corrected chi connectivity index (χ3v) is 4.87. The molecular formula is C12H23NO2S. The maximum atomic E-state index is 8.90. The summed E-state index contributed by atoms with van der Waals surface area (Å²) in [5.41, 5.74) is 0.166. The predicted molar refractivity (Wildman–Crippen MR) is 67.9 cm³/mol. The number of nitrogens with one attached hydrogen (secondary N) is 1. The van der Waals surface area contributed by atoms with Crippen LogP contribution in [-0.4, -0.2) is 47.5 Å². The SMILES string of the molecule is CC(CCO)NC1CCOC2(CCSC2)C1. The molecule has 2 saturated heterocycles. The third-order valence-electron chi connectivity index (χ3n) is 3.64. The van der Waals surface area contributed by atoms with E-state index in [-0.39, 0.29) is 12.2 Å². The van der Waals surface area contributed by atoms with Crippen LogP contribution in [0.3, 0.4) is 0 Å². The van der Waals surface area contributed by atoms with Gasteiger partial charge in [-0.05, 0) is 38.4 Å². The summed E-state index contributed by atoms with van der Waals surface area (Å²) in [6, 6.07) is 0.994. The molecule has 0 radical (unpaired) electrons. The molecule has 3 unspecified atom stereocenters. The molecule has 0 aromatic rings. The fourth-order valence-electron chi connectivity index (χ4n) is 2.71. The smallest absolute Gasteiger partial charge is 0.0795 e. The van der Waals surface area contributed by atoms with E-state index < -0.39 is 0 Å². The van der Waals surface area contributed by atoms with E-state index in [2.05, 4.69) is 12.2 Å². The van der Waals surface area contributed by atoms with Crippen LogP contribution in [0.15, 0.2) is 0 Å². The Labute approximate surface area is 102 Å². The number of thioether (sulfide) groups is 1. The minimum absolute atomic E-state index is 0.166. The zero-order valence-electron chi connectivity index (χ0n) is 10.1. The van der Waals surface area contributed by atoms with Crippen molar-refractivity contribution in [2.24, 2.45) is 0 Å². The lowest BCUT2D eigenvalue weighted by atomic mass is 9.89. The summed E-state index contributed by atoms with van der Waals surface area (Å²) in [5.74, 6) is 2.42. The number of hydrogen-bond donors (Lipinski definition) is 2. The van der Waals surface area contributed by atoms with Gasteiger partial charge in [-0.25, -0.2) is 0 Å². The van der Waals surface area contributed by atoms with Gasteiger partial charge in [-0.2, -0.15) is 11.8 Å². The van der Waals surface area contributed by atoms with Crippen molar-refractivity contribution in [2.45, 2.75) is 50.3 Å². The summed E-state index contributed by atoms with van der Waals surface area (Å²) in [6.45, 7) is 3.32. The van der Waals surface area contributed by atoms with Crippen molar-refractivity contribution >= 4 is 11.8 Å². The quantitative estimate of drug-likeness (QED) is 0.785. The topological polar surface area (TPSA) is 41.5 Å². The van der Waals surface area contributed by atoms with Crippen molar-refractivity contribution in [1.29, 1.82) is 0 Å². The molecule has 0 amide bonds. The van der Waals surface area contributed by atoms with Crippen LogP contribution in [-0.2, 0) is 4.74 Å². The van der Waals surface area contributed by atoms with Gasteiger partial charge in [0, 0.05) is 31.1 Å². The van der Waals surface area contributed by atoms with Crippen LogP contribution in [0.2, 0.25) is 0 Å². The molecule has 2 aliphatic rings. The molecule has 2 N–H and O–H groups in total. The van der Waals surface area contributed by atoms with Gasteiger partial charge in [0.05, 0.1) is 5.60 Å². The number of hydrogen-bond acceptors (Lipinski definition) is 4. The minimum atomic E-state index is 0.166. The van der Waals surface area contributed by atoms with E-state index in [1.165, 1.54) is 17.9 Å². The lowest BCUT2D eigenvalue weighted by Crippen LogP contribution is -2.49. The standard InChI is InChI=1S/C12H23NO2S/c1-10(2-5-14)13-11-3-6-15-12(8-11)4-7-16-9-12/h10-11,13-14H,2-9H2,1H3. The van der Waals surface area contributed by atoms with Crippen LogP contribution in [0.25, 0.3) is 0 Å². The fraction of sp³-hybridized carbons (Fsp3) is 1.00. The number of aliphatic hydroxyl groups is 1. The molecule has 4 heteroatoms. The second-order valence-corrected chi connectivity index (χ2v) is 6.21. The second kappa shape index (κ2) is 5.71. The first-order valence-corrected chi connectivity index (χ1v) is 7.48. The Balaban J connectivity index is 1.82. The first-order chi connectivity index (χ1) is 7.74. The van der Waals surface area contributed by atoms with Crippen LogP contribution in [0.1, 0.15) is 32.6 Å². The van der Waals surface area contributed by atoms with Crippen molar-refractivity contribution in [3.63, 3.8) is 0 Å². The van der Waals surface area contributed by atoms with E-state index in [9.17, 15) is 0 Å². The van der Waals surface area contributed by atoms with Crippen LogP contribution >= 0.6 is 11.8 Å². The largest absolute Gasteiger partial charge is 0.396 e. The van der Waals surface area contributed by atoms with Crippen LogP contribution in [0.4, 0.5) is 0 Å². The average Bonchev–Trinajstić information content (AvgIpc) is 2.66. The highest BCUT2D eigenvalue weighted by atomic mass is 32.2. The van der Waals surface area contributed by atoms with Gasteiger partial charge >= 0.3 is 0 Å². The van der Waals surface area contributed by atoms with Crippen LogP contribution < -0.4 is 5.32 Å². The Hall–Kier alpha value is 0.230. The van der Waals surface area contributed by atoms with Crippen LogP contribution in [0.5, 0.6) is 0 Å². The Morgan fingerprint density at radius 3 is 3.19 bits per heavy atom. The summed E-state index contributed by atoms with van der Waals surface area (Å²) in [5, 5.41) is 12.5. The molecule has 0 bridgehead atoms. The maximum absolute atomic E-state index is 8.90. The summed E-state index contributed by atoms with van der Waals surface area (Å²) < 4.78 is 5.99. The van der Waals surface area contributed by atoms with Crippen molar-refractivity contribution in [3.05, 3.63) is 0 Å². The van der Waals surface area contributed by atoms with E-state index >= 15 is 0 Å². The molecular weight excluding hydrogens is 222 g/mol. The van der Waals surface area contributed by atoms with Gasteiger partial charge < -0.3 is 15.2 Å². The maximum Gasteiger partial charge on any atom is 0.0795 e. The predicted octanol–water partition coefficient (Wildman–Crippen LogP) is 1.40. The monoisotopic (exact) mass is 245 g/mol. The summed E-state index contributed by atoms with van der Waals surface area (Å²) in [7, 11) is 0. The van der Waals surface area contributed by atoms with Gasteiger partial charge in [-0.1, -0.05) is 0 Å². The van der Waals surface area contributed by atoms with Crippen molar-refractivity contribution < 1.29 is 9.84 Å². The minimum Gasteiger partial charge on any atom is -0.396 e. The Morgan fingerprint density at radius 2 is 2.50 bits per heavy atom. The lowest BCUT2D eigenvalue weighted by molar-refractivity contribution is -0.0713. The molecule has 0 saturated carbocycles. The Kier molecular flexibility index (Phi) is 4.53. The van der Waals surface area contributed by atoms with Gasteiger partial charge in [-0.3, -0.25) is 0 Å². The van der Waals surface area contributed by atoms with Crippen molar-refractivity contribution in [1.82, 2.24) is 5.32 Å².